The van der Waals surface area contributed by atoms with Crippen LogP contribution >= 0.6 is 0 Å². The second-order valence-corrected chi connectivity index (χ2v) is 8.80. The van der Waals surface area contributed by atoms with Crippen LogP contribution in [0.25, 0.3) is 5.69 Å². The van der Waals surface area contributed by atoms with Gasteiger partial charge in [-0.2, -0.15) is 5.21 Å². The van der Waals surface area contributed by atoms with Crippen LogP contribution in [0, 0.1) is 0 Å². The molecule has 1 saturated carbocycles. The van der Waals surface area contributed by atoms with Gasteiger partial charge in [-0.05, 0) is 61.9 Å². The molecule has 0 saturated heterocycles. The molecule has 0 atom stereocenters. The van der Waals surface area contributed by atoms with Crippen molar-refractivity contribution in [3.05, 3.63) is 76.6 Å². The molecular formula is C25H24F3N7O3. The van der Waals surface area contributed by atoms with Crippen LogP contribution in [0.3, 0.4) is 0 Å². The number of H-pyrrole nitrogens is 1. The van der Waals surface area contributed by atoms with Gasteiger partial charge in [-0.15, -0.1) is 23.4 Å². The van der Waals surface area contributed by atoms with E-state index in [1.165, 1.54) is 29.1 Å². The van der Waals surface area contributed by atoms with Gasteiger partial charge in [0.15, 0.2) is 17.4 Å². The SMILES string of the molecule is O=c1c(Nc2ccc(OC3CCCC3)cc2OC(F)(F)F)nccn1-c1ccc(CCc2nn[nH]n2)cc1. The summed E-state index contributed by atoms with van der Waals surface area (Å²) in [4.78, 5) is 17.2. The molecule has 0 aliphatic heterocycles. The first-order valence-electron chi connectivity index (χ1n) is 12.1. The van der Waals surface area contributed by atoms with Gasteiger partial charge in [0.2, 0.25) is 0 Å². The number of benzene rings is 2. The maximum atomic E-state index is 13.2. The van der Waals surface area contributed by atoms with E-state index < -0.39 is 17.7 Å². The molecule has 5 rings (SSSR count). The predicted molar refractivity (Wildman–Crippen MR) is 131 cm³/mol. The number of aromatic nitrogens is 6. The van der Waals surface area contributed by atoms with Crippen molar-refractivity contribution in [1.29, 1.82) is 0 Å². The quantitative estimate of drug-likeness (QED) is 0.327. The van der Waals surface area contributed by atoms with Crippen LogP contribution in [-0.2, 0) is 12.8 Å². The maximum absolute atomic E-state index is 13.2. The Labute approximate surface area is 214 Å². The Kier molecular flexibility index (Phi) is 7.24. The number of alkyl halides is 3. The summed E-state index contributed by atoms with van der Waals surface area (Å²) in [7, 11) is 0. The van der Waals surface area contributed by atoms with Gasteiger partial charge < -0.3 is 14.8 Å². The maximum Gasteiger partial charge on any atom is 0.573 e. The monoisotopic (exact) mass is 527 g/mol. The first-order chi connectivity index (χ1) is 18.3. The molecule has 1 fully saturated rings. The first-order valence-corrected chi connectivity index (χ1v) is 12.1. The van der Waals surface area contributed by atoms with E-state index >= 15 is 0 Å². The molecule has 13 heteroatoms. The Bertz CT molecular complexity index is 1420. The molecule has 1 aliphatic carbocycles. The van der Waals surface area contributed by atoms with Crippen LogP contribution in [0.1, 0.15) is 37.1 Å². The fourth-order valence-electron chi connectivity index (χ4n) is 4.28. The fraction of sp³-hybridized carbons (Fsp3) is 0.320. The molecule has 2 heterocycles. The minimum absolute atomic E-state index is 0.0408. The smallest absolute Gasteiger partial charge is 0.490 e. The average Bonchev–Trinajstić information content (AvgIpc) is 3.60. The Morgan fingerprint density at radius 2 is 1.87 bits per heavy atom. The molecule has 0 bridgehead atoms. The van der Waals surface area contributed by atoms with Crippen LogP contribution in [-0.4, -0.2) is 42.6 Å². The zero-order valence-corrected chi connectivity index (χ0v) is 20.1. The third-order valence-electron chi connectivity index (χ3n) is 6.12. The zero-order chi connectivity index (χ0) is 26.5. The van der Waals surface area contributed by atoms with E-state index in [1.807, 2.05) is 12.1 Å². The predicted octanol–water partition coefficient (Wildman–Crippen LogP) is 4.49. The highest BCUT2D eigenvalue weighted by molar-refractivity contribution is 5.65. The number of tetrazole rings is 1. The lowest BCUT2D eigenvalue weighted by molar-refractivity contribution is -0.274. The minimum atomic E-state index is -4.93. The van der Waals surface area contributed by atoms with Crippen molar-refractivity contribution in [3.63, 3.8) is 0 Å². The second-order valence-electron chi connectivity index (χ2n) is 8.80. The third kappa shape index (κ3) is 6.28. The molecule has 0 amide bonds. The molecule has 198 valence electrons. The van der Waals surface area contributed by atoms with Crippen molar-refractivity contribution >= 4 is 11.5 Å². The average molecular weight is 528 g/mol. The van der Waals surface area contributed by atoms with E-state index in [9.17, 15) is 18.0 Å². The molecule has 38 heavy (non-hydrogen) atoms. The van der Waals surface area contributed by atoms with Crippen LogP contribution in [0.4, 0.5) is 24.7 Å². The summed E-state index contributed by atoms with van der Waals surface area (Å²) in [5.74, 6) is 0.183. The van der Waals surface area contributed by atoms with Crippen molar-refractivity contribution in [2.24, 2.45) is 0 Å². The normalized spacial score (nSPS) is 14.0. The summed E-state index contributed by atoms with van der Waals surface area (Å²) in [6.45, 7) is 0. The Hall–Kier alpha value is -4.42. The molecule has 0 spiro atoms. The Morgan fingerprint density at radius 1 is 1.08 bits per heavy atom. The molecule has 0 unspecified atom stereocenters. The number of rotatable bonds is 9. The van der Waals surface area contributed by atoms with Gasteiger partial charge in [0.1, 0.15) is 5.75 Å². The van der Waals surface area contributed by atoms with Gasteiger partial charge in [0.05, 0.1) is 11.8 Å². The van der Waals surface area contributed by atoms with Crippen LogP contribution in [0.2, 0.25) is 0 Å². The summed E-state index contributed by atoms with van der Waals surface area (Å²) >= 11 is 0. The summed E-state index contributed by atoms with van der Waals surface area (Å²) in [6, 6.07) is 11.4. The van der Waals surface area contributed by atoms with Gasteiger partial charge in [-0.25, -0.2) is 4.98 Å². The molecule has 0 radical (unpaired) electrons. The van der Waals surface area contributed by atoms with E-state index in [-0.39, 0.29) is 23.4 Å². The molecule has 2 N–H and O–H groups in total. The van der Waals surface area contributed by atoms with Crippen molar-refractivity contribution in [1.82, 2.24) is 30.2 Å². The number of nitrogens with zero attached hydrogens (tertiary/aromatic N) is 5. The van der Waals surface area contributed by atoms with E-state index in [0.29, 0.717) is 24.4 Å². The van der Waals surface area contributed by atoms with E-state index in [1.54, 1.807) is 18.2 Å². The lowest BCUT2D eigenvalue weighted by Gasteiger charge is -2.18. The molecular weight excluding hydrogens is 503 g/mol. The highest BCUT2D eigenvalue weighted by Gasteiger charge is 2.33. The zero-order valence-electron chi connectivity index (χ0n) is 20.1. The third-order valence-corrected chi connectivity index (χ3v) is 6.12. The number of ether oxygens (including phenoxy) is 2. The van der Waals surface area contributed by atoms with Crippen LogP contribution < -0.4 is 20.3 Å². The number of hydrogen-bond donors (Lipinski definition) is 2. The molecule has 4 aromatic rings. The molecule has 2 aromatic carbocycles. The summed E-state index contributed by atoms with van der Waals surface area (Å²) in [6.07, 6.45) is 2.91. The summed E-state index contributed by atoms with van der Waals surface area (Å²) in [5.41, 5.74) is 0.959. The lowest BCUT2D eigenvalue weighted by Crippen LogP contribution is -2.23. The number of aryl methyl sites for hydroxylation is 2. The Morgan fingerprint density at radius 3 is 2.58 bits per heavy atom. The number of hydrogen-bond acceptors (Lipinski definition) is 8. The van der Waals surface area contributed by atoms with Crippen LogP contribution in [0.15, 0.2) is 59.7 Å². The van der Waals surface area contributed by atoms with Crippen molar-refractivity contribution < 1.29 is 22.6 Å². The molecule has 1 aliphatic rings. The van der Waals surface area contributed by atoms with Crippen molar-refractivity contribution in [3.8, 4) is 17.2 Å². The van der Waals surface area contributed by atoms with Crippen molar-refractivity contribution in [2.45, 2.75) is 51.0 Å². The van der Waals surface area contributed by atoms with Gasteiger partial charge in [-0.1, -0.05) is 17.3 Å². The summed E-state index contributed by atoms with van der Waals surface area (Å²) in [5, 5.41) is 16.5. The van der Waals surface area contributed by atoms with Crippen LogP contribution in [0.5, 0.6) is 11.5 Å². The van der Waals surface area contributed by atoms with Gasteiger partial charge in [0, 0.05) is 30.6 Å². The Balaban J connectivity index is 1.35. The number of anilines is 2. The lowest BCUT2D eigenvalue weighted by atomic mass is 10.1. The van der Waals surface area contributed by atoms with E-state index in [4.69, 9.17) is 4.74 Å². The molecule has 2 aromatic heterocycles. The second kappa shape index (κ2) is 10.9. The summed E-state index contributed by atoms with van der Waals surface area (Å²) < 4.78 is 50.8. The number of halogens is 3. The number of nitrogens with one attached hydrogen (secondary N) is 2. The van der Waals surface area contributed by atoms with E-state index in [0.717, 1.165) is 31.2 Å². The highest BCUT2D eigenvalue weighted by atomic mass is 19.4. The minimum Gasteiger partial charge on any atom is -0.490 e. The number of aromatic amines is 1. The standard InChI is InChI=1S/C25H24F3N7O3/c26-25(27,28)38-21-15-19(37-18-3-1-2-4-18)10-11-20(21)30-23-24(36)35(14-13-29-23)17-8-5-16(6-9-17)7-12-22-31-33-34-32-22/h5-6,8-11,13-15,18H,1-4,7,12H2,(H,29,30)(H,31,32,33,34). The van der Waals surface area contributed by atoms with E-state index in [2.05, 4.69) is 35.7 Å². The first kappa shape index (κ1) is 25.2. The largest absolute Gasteiger partial charge is 0.573 e. The molecule has 10 nitrogen and oxygen atoms in total. The highest BCUT2D eigenvalue weighted by Crippen LogP contribution is 2.36. The van der Waals surface area contributed by atoms with Gasteiger partial charge >= 0.3 is 6.36 Å². The van der Waals surface area contributed by atoms with Gasteiger partial charge in [-0.3, -0.25) is 9.36 Å². The topological polar surface area (TPSA) is 120 Å². The fourth-order valence-corrected chi connectivity index (χ4v) is 4.28. The van der Waals surface area contributed by atoms with Crippen molar-refractivity contribution in [2.75, 3.05) is 5.32 Å². The van der Waals surface area contributed by atoms with Gasteiger partial charge in [0.25, 0.3) is 5.56 Å².